The molecule has 1 unspecified atom stereocenters. The molecule has 0 bridgehead atoms. The van der Waals surface area contributed by atoms with Crippen LogP contribution in [0.2, 0.25) is 0 Å². The molecule has 5 heteroatoms. The van der Waals surface area contributed by atoms with E-state index in [0.29, 0.717) is 6.54 Å². The van der Waals surface area contributed by atoms with Gasteiger partial charge < -0.3 is 16.8 Å². The Hall–Kier alpha value is -1.10. The molecular weight excluding hydrogens is 242 g/mol. The lowest BCUT2D eigenvalue weighted by Crippen LogP contribution is -2.44. The number of carbonyl (C=O) groups excluding carboxylic acids is 2. The molecule has 0 aliphatic rings. The van der Waals surface area contributed by atoms with Crippen molar-refractivity contribution >= 4 is 11.8 Å². The van der Waals surface area contributed by atoms with Gasteiger partial charge in [0.25, 0.3) is 0 Å². The highest BCUT2D eigenvalue weighted by atomic mass is 16.2. The summed E-state index contributed by atoms with van der Waals surface area (Å²) >= 11 is 0. The van der Waals surface area contributed by atoms with Crippen LogP contribution in [0, 0.1) is 0 Å². The maximum absolute atomic E-state index is 11.1. The molecule has 2 amide bonds. The average Bonchev–Trinajstić information content (AvgIpc) is 2.34. The predicted molar refractivity (Wildman–Crippen MR) is 77.4 cm³/mol. The van der Waals surface area contributed by atoms with Crippen molar-refractivity contribution in [1.29, 1.82) is 0 Å². The van der Waals surface area contributed by atoms with Crippen molar-refractivity contribution < 1.29 is 9.59 Å². The highest BCUT2D eigenvalue weighted by molar-refractivity contribution is 5.86. The number of rotatable bonds is 13. The number of nitrogens with one attached hydrogen (secondary N) is 1. The zero-order valence-corrected chi connectivity index (χ0v) is 12.1. The van der Waals surface area contributed by atoms with E-state index in [1.54, 1.807) is 0 Å². The lowest BCUT2D eigenvalue weighted by atomic mass is 10.1. The minimum absolute atomic E-state index is 0.0215. The predicted octanol–water partition coefficient (Wildman–Crippen LogP) is 1.45. The Morgan fingerprint density at radius 2 is 1.47 bits per heavy atom. The van der Waals surface area contributed by atoms with Crippen LogP contribution in [0.5, 0.6) is 0 Å². The summed E-state index contributed by atoms with van der Waals surface area (Å²) in [5.41, 5.74) is 10.2. The summed E-state index contributed by atoms with van der Waals surface area (Å²) in [6.07, 6.45) is 9.87. The van der Waals surface area contributed by atoms with Crippen LogP contribution in [0.15, 0.2) is 0 Å². The molecule has 0 aliphatic carbocycles. The van der Waals surface area contributed by atoms with Crippen molar-refractivity contribution in [3.05, 3.63) is 0 Å². The Morgan fingerprint density at radius 1 is 0.947 bits per heavy atom. The highest BCUT2D eigenvalue weighted by Crippen LogP contribution is 2.08. The Bertz CT molecular complexity index is 257. The first-order chi connectivity index (χ1) is 9.07. The van der Waals surface area contributed by atoms with E-state index in [1.807, 2.05) is 0 Å². The van der Waals surface area contributed by atoms with Gasteiger partial charge >= 0.3 is 0 Å². The second kappa shape index (κ2) is 12.0. The molecule has 0 spiro atoms. The Kier molecular flexibility index (Phi) is 11.3. The van der Waals surface area contributed by atoms with E-state index in [0.717, 1.165) is 12.8 Å². The zero-order valence-electron chi connectivity index (χ0n) is 12.1. The van der Waals surface area contributed by atoms with Crippen molar-refractivity contribution in [3.8, 4) is 0 Å². The summed E-state index contributed by atoms with van der Waals surface area (Å²) < 4.78 is 0. The van der Waals surface area contributed by atoms with E-state index in [2.05, 4.69) is 12.2 Å². The molecule has 0 aromatic heterocycles. The first-order valence-electron chi connectivity index (χ1n) is 7.39. The summed E-state index contributed by atoms with van der Waals surface area (Å²) in [6, 6.07) is -0.623. The van der Waals surface area contributed by atoms with Crippen LogP contribution in [-0.2, 0) is 9.59 Å². The molecule has 0 aliphatic heterocycles. The third kappa shape index (κ3) is 11.7. The van der Waals surface area contributed by atoms with Crippen LogP contribution in [-0.4, -0.2) is 24.4 Å². The fourth-order valence-electron chi connectivity index (χ4n) is 2.01. The molecule has 5 N–H and O–H groups in total. The fourth-order valence-corrected chi connectivity index (χ4v) is 2.01. The third-order valence-corrected chi connectivity index (χ3v) is 3.17. The standard InChI is InChI=1S/C14H29N3O2/c1-2-3-4-5-6-7-8-9-10-17-12(14(16)19)11-13(15)18/h12,17H,2-11H2,1H3,(H2,15,18)(H2,16,19). The second-order valence-electron chi connectivity index (χ2n) is 5.05. The van der Waals surface area contributed by atoms with Crippen LogP contribution >= 0.6 is 0 Å². The molecule has 0 saturated carbocycles. The third-order valence-electron chi connectivity index (χ3n) is 3.17. The van der Waals surface area contributed by atoms with E-state index < -0.39 is 17.9 Å². The van der Waals surface area contributed by atoms with Crippen molar-refractivity contribution in [2.24, 2.45) is 11.5 Å². The maximum Gasteiger partial charge on any atom is 0.235 e. The normalized spacial score (nSPS) is 12.3. The molecule has 0 rings (SSSR count). The molecule has 0 fully saturated rings. The maximum atomic E-state index is 11.1. The van der Waals surface area contributed by atoms with Crippen LogP contribution in [0.25, 0.3) is 0 Å². The molecule has 112 valence electrons. The number of hydrogen-bond acceptors (Lipinski definition) is 3. The fraction of sp³-hybridized carbons (Fsp3) is 0.857. The molecule has 0 aromatic rings. The van der Waals surface area contributed by atoms with Crippen LogP contribution < -0.4 is 16.8 Å². The molecule has 5 nitrogen and oxygen atoms in total. The lowest BCUT2D eigenvalue weighted by Gasteiger charge is -2.13. The largest absolute Gasteiger partial charge is 0.370 e. The van der Waals surface area contributed by atoms with Gasteiger partial charge in [-0.1, -0.05) is 51.9 Å². The highest BCUT2D eigenvalue weighted by Gasteiger charge is 2.16. The van der Waals surface area contributed by atoms with Gasteiger partial charge in [0.1, 0.15) is 0 Å². The van der Waals surface area contributed by atoms with Gasteiger partial charge in [-0.15, -0.1) is 0 Å². The van der Waals surface area contributed by atoms with E-state index in [-0.39, 0.29) is 6.42 Å². The van der Waals surface area contributed by atoms with Crippen molar-refractivity contribution in [3.63, 3.8) is 0 Å². The summed E-state index contributed by atoms with van der Waals surface area (Å²) in [6.45, 7) is 2.92. The number of hydrogen-bond donors (Lipinski definition) is 3. The van der Waals surface area contributed by atoms with Gasteiger partial charge in [0, 0.05) is 0 Å². The van der Waals surface area contributed by atoms with Crippen molar-refractivity contribution in [2.75, 3.05) is 6.54 Å². The van der Waals surface area contributed by atoms with Crippen LogP contribution in [0.4, 0.5) is 0 Å². The van der Waals surface area contributed by atoms with Gasteiger partial charge in [-0.25, -0.2) is 0 Å². The SMILES string of the molecule is CCCCCCCCCCNC(CC(N)=O)C(N)=O. The Labute approximate surface area is 116 Å². The lowest BCUT2D eigenvalue weighted by molar-refractivity contribution is -0.125. The first-order valence-corrected chi connectivity index (χ1v) is 7.39. The van der Waals surface area contributed by atoms with Crippen LogP contribution in [0.3, 0.4) is 0 Å². The zero-order chi connectivity index (χ0) is 14.5. The van der Waals surface area contributed by atoms with Gasteiger partial charge in [0.05, 0.1) is 12.5 Å². The van der Waals surface area contributed by atoms with E-state index in [1.165, 1.54) is 38.5 Å². The second-order valence-corrected chi connectivity index (χ2v) is 5.05. The van der Waals surface area contributed by atoms with E-state index in [9.17, 15) is 9.59 Å². The monoisotopic (exact) mass is 271 g/mol. The van der Waals surface area contributed by atoms with Gasteiger partial charge in [0.15, 0.2) is 0 Å². The molecule has 0 saturated heterocycles. The summed E-state index contributed by atoms with van der Waals surface area (Å²) in [7, 11) is 0. The molecule has 0 radical (unpaired) electrons. The topological polar surface area (TPSA) is 98.2 Å². The number of amides is 2. The molecule has 1 atom stereocenters. The van der Waals surface area contributed by atoms with Gasteiger partial charge in [-0.2, -0.15) is 0 Å². The van der Waals surface area contributed by atoms with Crippen molar-refractivity contribution in [1.82, 2.24) is 5.32 Å². The van der Waals surface area contributed by atoms with Gasteiger partial charge in [-0.05, 0) is 13.0 Å². The summed E-state index contributed by atoms with van der Waals surface area (Å²) in [4.78, 5) is 21.8. The van der Waals surface area contributed by atoms with Crippen LogP contribution in [0.1, 0.15) is 64.7 Å². The number of nitrogens with two attached hydrogens (primary N) is 2. The average molecular weight is 271 g/mol. The van der Waals surface area contributed by atoms with Crippen molar-refractivity contribution in [2.45, 2.75) is 70.8 Å². The summed E-state index contributed by atoms with van der Waals surface area (Å²) in [5.74, 6) is -1.02. The van der Waals surface area contributed by atoms with E-state index >= 15 is 0 Å². The number of carbonyl (C=O) groups is 2. The molecule has 0 heterocycles. The minimum atomic E-state index is -0.623. The van der Waals surface area contributed by atoms with Gasteiger partial charge in [0.2, 0.25) is 11.8 Å². The first kappa shape index (κ1) is 17.9. The Morgan fingerprint density at radius 3 is 1.95 bits per heavy atom. The van der Waals surface area contributed by atoms with Gasteiger partial charge in [-0.3, -0.25) is 9.59 Å². The smallest absolute Gasteiger partial charge is 0.235 e. The molecule has 19 heavy (non-hydrogen) atoms. The quantitative estimate of drug-likeness (QED) is 0.442. The Balaban J connectivity index is 3.45. The number of primary amides is 2. The molecule has 0 aromatic carbocycles. The number of unbranched alkanes of at least 4 members (excludes halogenated alkanes) is 7. The minimum Gasteiger partial charge on any atom is -0.370 e. The molecular formula is C14H29N3O2. The summed E-state index contributed by atoms with van der Waals surface area (Å²) in [5, 5.41) is 2.99. The van der Waals surface area contributed by atoms with E-state index in [4.69, 9.17) is 11.5 Å².